The lowest BCUT2D eigenvalue weighted by Gasteiger charge is -2.18. The number of rotatable bonds is 4. The van der Waals surface area contributed by atoms with E-state index in [-0.39, 0.29) is 10.8 Å². The van der Waals surface area contributed by atoms with Crippen molar-refractivity contribution in [2.24, 2.45) is 0 Å². The van der Waals surface area contributed by atoms with Crippen molar-refractivity contribution >= 4 is 21.6 Å². The minimum atomic E-state index is -3.75. The van der Waals surface area contributed by atoms with Crippen molar-refractivity contribution in [2.75, 3.05) is 11.4 Å². The second-order valence-corrected chi connectivity index (χ2v) is 8.17. The van der Waals surface area contributed by atoms with Gasteiger partial charge in [0.25, 0.3) is 0 Å². The molecule has 1 atom stereocenters. The number of anilines is 1. The Kier molecular flexibility index (Phi) is 4.67. The average molecular weight is 358 g/mol. The molecular weight excluding hydrogens is 336 g/mol. The maximum Gasteiger partial charge on any atom is 0.245 e. The number of para-hydroxylation sites is 1. The molecule has 0 radical (unpaired) electrons. The van der Waals surface area contributed by atoms with Crippen LogP contribution in [0.2, 0.25) is 0 Å². The first-order valence-electron chi connectivity index (χ1n) is 8.26. The van der Waals surface area contributed by atoms with Gasteiger partial charge in [-0.15, -0.1) is 0 Å². The molecule has 1 fully saturated rings. The highest BCUT2D eigenvalue weighted by atomic mass is 32.2. The van der Waals surface area contributed by atoms with Gasteiger partial charge in [-0.2, -0.15) is 4.72 Å². The fourth-order valence-corrected chi connectivity index (χ4v) is 4.66. The molecule has 0 spiro atoms. The van der Waals surface area contributed by atoms with Gasteiger partial charge in [0.2, 0.25) is 15.9 Å². The summed E-state index contributed by atoms with van der Waals surface area (Å²) in [6.45, 7) is 6.10. The smallest absolute Gasteiger partial charge is 0.245 e. The molecule has 5 nitrogen and oxygen atoms in total. The number of carbonyl (C=O) groups is 1. The van der Waals surface area contributed by atoms with Gasteiger partial charge in [-0.3, -0.25) is 4.79 Å². The summed E-state index contributed by atoms with van der Waals surface area (Å²) in [5.41, 5.74) is 3.43. The summed E-state index contributed by atoms with van der Waals surface area (Å²) in [6, 6.07) is 12.1. The fraction of sp³-hybridized carbons (Fsp3) is 0.316. The van der Waals surface area contributed by atoms with Gasteiger partial charge in [0.05, 0.1) is 4.90 Å². The van der Waals surface area contributed by atoms with Crippen LogP contribution in [0.3, 0.4) is 0 Å². The van der Waals surface area contributed by atoms with E-state index < -0.39 is 16.1 Å². The number of nitrogens with one attached hydrogen (secondary N) is 1. The molecule has 25 heavy (non-hydrogen) atoms. The Morgan fingerprint density at radius 1 is 1.00 bits per heavy atom. The Hall–Kier alpha value is -2.18. The summed E-state index contributed by atoms with van der Waals surface area (Å²) < 4.78 is 28.1. The first-order chi connectivity index (χ1) is 11.8. The van der Waals surface area contributed by atoms with Gasteiger partial charge < -0.3 is 4.90 Å². The highest BCUT2D eigenvalue weighted by molar-refractivity contribution is 7.89. The minimum Gasteiger partial charge on any atom is -0.311 e. The zero-order chi connectivity index (χ0) is 18.2. The van der Waals surface area contributed by atoms with E-state index in [1.54, 1.807) is 17.9 Å². The molecule has 0 saturated carbocycles. The van der Waals surface area contributed by atoms with Crippen molar-refractivity contribution in [3.63, 3.8) is 0 Å². The van der Waals surface area contributed by atoms with Gasteiger partial charge >= 0.3 is 0 Å². The predicted molar refractivity (Wildman–Crippen MR) is 98.2 cm³/mol. The minimum absolute atomic E-state index is 0.212. The normalized spacial score (nSPS) is 18.0. The third kappa shape index (κ3) is 3.45. The van der Waals surface area contributed by atoms with E-state index in [9.17, 15) is 13.2 Å². The third-order valence-corrected chi connectivity index (χ3v) is 6.27. The zero-order valence-electron chi connectivity index (χ0n) is 14.6. The molecule has 1 aliphatic rings. The molecule has 2 aromatic carbocycles. The van der Waals surface area contributed by atoms with Gasteiger partial charge in [0.1, 0.15) is 6.04 Å². The van der Waals surface area contributed by atoms with E-state index in [2.05, 4.69) is 4.72 Å². The van der Waals surface area contributed by atoms with Crippen molar-refractivity contribution in [3.8, 4) is 0 Å². The van der Waals surface area contributed by atoms with Crippen molar-refractivity contribution in [2.45, 2.75) is 38.1 Å². The molecule has 0 aliphatic carbocycles. The van der Waals surface area contributed by atoms with E-state index in [0.29, 0.717) is 18.5 Å². The van der Waals surface area contributed by atoms with E-state index in [4.69, 9.17) is 0 Å². The van der Waals surface area contributed by atoms with Gasteiger partial charge in [0.15, 0.2) is 0 Å². The molecule has 0 bridgehead atoms. The molecule has 3 rings (SSSR count). The highest BCUT2D eigenvalue weighted by Crippen LogP contribution is 2.24. The molecule has 2 aromatic rings. The third-order valence-electron chi connectivity index (χ3n) is 4.65. The first kappa shape index (κ1) is 17.6. The van der Waals surface area contributed by atoms with Crippen LogP contribution in [-0.2, 0) is 14.8 Å². The topological polar surface area (TPSA) is 66.5 Å². The summed E-state index contributed by atoms with van der Waals surface area (Å²) in [4.78, 5) is 14.5. The molecule has 6 heteroatoms. The maximum absolute atomic E-state index is 12.8. The van der Waals surface area contributed by atoms with Crippen LogP contribution in [0, 0.1) is 20.8 Å². The standard InChI is InChI=1S/C19H22N2O3S/c1-13-11-15(3)18(12-14(13)2)25(23,24)20-17-9-10-21(19(17)22)16-7-5-4-6-8-16/h4-8,11-12,17,20H,9-10H2,1-3H3/t17-/m0/s1. The van der Waals surface area contributed by atoms with Crippen LogP contribution in [0.15, 0.2) is 47.4 Å². The van der Waals surface area contributed by atoms with Crippen LogP contribution in [0.1, 0.15) is 23.1 Å². The molecule has 1 amide bonds. The largest absolute Gasteiger partial charge is 0.311 e. The predicted octanol–water partition coefficient (Wildman–Crippen LogP) is 2.70. The summed E-state index contributed by atoms with van der Waals surface area (Å²) in [7, 11) is -3.75. The van der Waals surface area contributed by atoms with Crippen LogP contribution >= 0.6 is 0 Å². The van der Waals surface area contributed by atoms with Crippen molar-refractivity contribution in [3.05, 3.63) is 59.2 Å². The Morgan fingerprint density at radius 3 is 2.32 bits per heavy atom. The number of nitrogens with zero attached hydrogens (tertiary/aromatic N) is 1. The van der Waals surface area contributed by atoms with Gasteiger partial charge in [-0.25, -0.2) is 8.42 Å². The van der Waals surface area contributed by atoms with E-state index in [1.807, 2.05) is 50.2 Å². The number of hydrogen-bond acceptors (Lipinski definition) is 3. The number of aryl methyl sites for hydroxylation is 3. The maximum atomic E-state index is 12.8. The molecule has 1 aliphatic heterocycles. The second-order valence-electron chi connectivity index (χ2n) is 6.49. The quantitative estimate of drug-likeness (QED) is 0.914. The molecule has 1 saturated heterocycles. The van der Waals surface area contributed by atoms with Gasteiger partial charge in [-0.05, 0) is 62.1 Å². The van der Waals surface area contributed by atoms with Crippen LogP contribution in [0.4, 0.5) is 5.69 Å². The number of benzene rings is 2. The summed E-state index contributed by atoms with van der Waals surface area (Å²) in [6.07, 6.45) is 0.455. The van der Waals surface area contributed by atoms with Crippen LogP contribution in [0.25, 0.3) is 0 Å². The van der Waals surface area contributed by atoms with E-state index in [1.165, 1.54) is 0 Å². The lowest BCUT2D eigenvalue weighted by molar-refractivity contribution is -0.118. The summed E-state index contributed by atoms with van der Waals surface area (Å²) in [5.74, 6) is -0.212. The number of carbonyl (C=O) groups excluding carboxylic acids is 1. The van der Waals surface area contributed by atoms with Crippen LogP contribution in [-0.4, -0.2) is 26.9 Å². The number of amides is 1. The first-order valence-corrected chi connectivity index (χ1v) is 9.74. The lowest BCUT2D eigenvalue weighted by atomic mass is 10.1. The van der Waals surface area contributed by atoms with Crippen LogP contribution in [0.5, 0.6) is 0 Å². The Balaban J connectivity index is 1.83. The fourth-order valence-electron chi connectivity index (χ4n) is 3.13. The number of sulfonamides is 1. The van der Waals surface area contributed by atoms with E-state index in [0.717, 1.165) is 16.8 Å². The van der Waals surface area contributed by atoms with Gasteiger partial charge in [0, 0.05) is 12.2 Å². The molecule has 0 unspecified atom stereocenters. The molecular formula is C19H22N2O3S. The Morgan fingerprint density at radius 2 is 1.64 bits per heavy atom. The SMILES string of the molecule is Cc1cc(C)c(S(=O)(=O)N[C@H]2CCN(c3ccccc3)C2=O)cc1C. The molecule has 0 aromatic heterocycles. The second kappa shape index (κ2) is 6.61. The lowest BCUT2D eigenvalue weighted by Crippen LogP contribution is -2.41. The Bertz CT molecular complexity index is 908. The molecule has 1 heterocycles. The number of hydrogen-bond donors (Lipinski definition) is 1. The van der Waals surface area contributed by atoms with Crippen molar-refractivity contribution in [1.29, 1.82) is 0 Å². The van der Waals surface area contributed by atoms with Crippen LogP contribution < -0.4 is 9.62 Å². The Labute approximate surface area is 148 Å². The molecule has 1 N–H and O–H groups in total. The zero-order valence-corrected chi connectivity index (χ0v) is 15.4. The molecule has 132 valence electrons. The van der Waals surface area contributed by atoms with Crippen molar-refractivity contribution < 1.29 is 13.2 Å². The monoisotopic (exact) mass is 358 g/mol. The van der Waals surface area contributed by atoms with E-state index >= 15 is 0 Å². The van der Waals surface area contributed by atoms with Crippen molar-refractivity contribution in [1.82, 2.24) is 4.72 Å². The average Bonchev–Trinajstić information content (AvgIpc) is 2.92. The highest BCUT2D eigenvalue weighted by Gasteiger charge is 2.36. The summed E-state index contributed by atoms with van der Waals surface area (Å²) in [5, 5.41) is 0. The van der Waals surface area contributed by atoms with Gasteiger partial charge in [-0.1, -0.05) is 24.3 Å². The summed E-state index contributed by atoms with van der Waals surface area (Å²) >= 11 is 0.